The Morgan fingerprint density at radius 1 is 1.10 bits per heavy atom. The molecule has 1 atom stereocenters. The molecule has 0 radical (unpaired) electrons. The van der Waals surface area contributed by atoms with Gasteiger partial charge in [0.15, 0.2) is 0 Å². The molecule has 0 bridgehead atoms. The number of carbonyl (C=O) groups is 2. The van der Waals surface area contributed by atoms with Gasteiger partial charge in [-0.3, -0.25) is 9.59 Å². The molecular weight excluding hydrogens is 444 g/mol. The van der Waals surface area contributed by atoms with E-state index < -0.39 is 6.04 Å². The van der Waals surface area contributed by atoms with Crippen LogP contribution in [0, 0.1) is 0 Å². The SMILES string of the molecule is C[C@H](C(=O)NC(C)(C)C)N(Cc1cccc(Br)c1)C(=O)CCCOc1ccccc1. The van der Waals surface area contributed by atoms with Gasteiger partial charge in [0.25, 0.3) is 0 Å². The zero-order chi connectivity index (χ0) is 22.1. The lowest BCUT2D eigenvalue weighted by atomic mass is 10.1. The molecule has 0 aliphatic heterocycles. The van der Waals surface area contributed by atoms with Crippen molar-refractivity contribution < 1.29 is 14.3 Å². The van der Waals surface area contributed by atoms with Crippen molar-refractivity contribution >= 4 is 27.7 Å². The Morgan fingerprint density at radius 2 is 1.80 bits per heavy atom. The van der Waals surface area contributed by atoms with E-state index in [4.69, 9.17) is 4.74 Å². The van der Waals surface area contributed by atoms with Gasteiger partial charge in [0.2, 0.25) is 11.8 Å². The number of ether oxygens (including phenoxy) is 1. The highest BCUT2D eigenvalue weighted by molar-refractivity contribution is 9.10. The second-order valence-electron chi connectivity index (χ2n) is 8.33. The number of hydrogen-bond donors (Lipinski definition) is 1. The van der Waals surface area contributed by atoms with Crippen LogP contribution in [-0.4, -0.2) is 34.9 Å². The van der Waals surface area contributed by atoms with Gasteiger partial charge < -0.3 is 15.0 Å². The Balaban J connectivity index is 2.03. The highest BCUT2D eigenvalue weighted by Gasteiger charge is 2.28. The summed E-state index contributed by atoms with van der Waals surface area (Å²) < 4.78 is 6.63. The van der Waals surface area contributed by atoms with Gasteiger partial charge in [0, 0.05) is 23.0 Å². The standard InChI is InChI=1S/C24H31BrN2O3/c1-18(23(29)26-24(2,3)4)27(17-19-10-8-11-20(25)16-19)22(28)14-9-15-30-21-12-6-5-7-13-21/h5-8,10-13,16,18H,9,14-15,17H2,1-4H3,(H,26,29)/t18-/m1/s1. The molecule has 2 aromatic rings. The molecule has 0 fully saturated rings. The molecule has 5 nitrogen and oxygen atoms in total. The largest absolute Gasteiger partial charge is 0.494 e. The van der Waals surface area contributed by atoms with Gasteiger partial charge in [0.1, 0.15) is 11.8 Å². The molecule has 2 rings (SSSR count). The Morgan fingerprint density at radius 3 is 2.43 bits per heavy atom. The first kappa shape index (κ1) is 23.9. The molecule has 0 saturated carbocycles. The third-order valence-corrected chi connectivity index (χ3v) is 4.95. The number of amides is 2. The minimum absolute atomic E-state index is 0.0665. The normalized spacial score (nSPS) is 12.2. The van der Waals surface area contributed by atoms with E-state index in [1.807, 2.05) is 75.4 Å². The molecule has 0 aromatic heterocycles. The summed E-state index contributed by atoms with van der Waals surface area (Å²) in [5, 5.41) is 2.97. The molecule has 2 aromatic carbocycles. The summed E-state index contributed by atoms with van der Waals surface area (Å²) in [5.41, 5.74) is 0.605. The van der Waals surface area contributed by atoms with Gasteiger partial charge in [0.05, 0.1) is 6.61 Å². The predicted molar refractivity (Wildman–Crippen MR) is 123 cm³/mol. The van der Waals surface area contributed by atoms with E-state index in [0.717, 1.165) is 15.8 Å². The number of nitrogens with one attached hydrogen (secondary N) is 1. The van der Waals surface area contributed by atoms with E-state index in [1.54, 1.807) is 11.8 Å². The van der Waals surface area contributed by atoms with Crippen molar-refractivity contribution in [1.29, 1.82) is 0 Å². The number of nitrogens with zero attached hydrogens (tertiary/aromatic N) is 1. The number of rotatable bonds is 9. The number of halogens is 1. The van der Waals surface area contributed by atoms with Gasteiger partial charge >= 0.3 is 0 Å². The second-order valence-corrected chi connectivity index (χ2v) is 9.25. The van der Waals surface area contributed by atoms with E-state index in [2.05, 4.69) is 21.2 Å². The van der Waals surface area contributed by atoms with Crippen LogP contribution in [-0.2, 0) is 16.1 Å². The fourth-order valence-corrected chi connectivity index (χ4v) is 3.41. The van der Waals surface area contributed by atoms with Crippen molar-refractivity contribution in [1.82, 2.24) is 10.2 Å². The highest BCUT2D eigenvalue weighted by atomic mass is 79.9. The van der Waals surface area contributed by atoms with Gasteiger partial charge in [-0.1, -0.05) is 46.3 Å². The lowest BCUT2D eigenvalue weighted by molar-refractivity contribution is -0.141. The van der Waals surface area contributed by atoms with Gasteiger partial charge in [-0.2, -0.15) is 0 Å². The summed E-state index contributed by atoms with van der Waals surface area (Å²) >= 11 is 3.47. The lowest BCUT2D eigenvalue weighted by Gasteiger charge is -2.31. The lowest BCUT2D eigenvalue weighted by Crippen LogP contribution is -2.52. The van der Waals surface area contributed by atoms with Gasteiger partial charge in [-0.05, 0) is 63.9 Å². The fraction of sp³-hybridized carbons (Fsp3) is 0.417. The van der Waals surface area contributed by atoms with Crippen molar-refractivity contribution in [2.45, 2.75) is 58.7 Å². The Bertz CT molecular complexity index is 834. The molecule has 1 N–H and O–H groups in total. The minimum Gasteiger partial charge on any atom is -0.494 e. The molecule has 2 amide bonds. The summed E-state index contributed by atoms with van der Waals surface area (Å²) in [7, 11) is 0. The summed E-state index contributed by atoms with van der Waals surface area (Å²) in [6.07, 6.45) is 0.893. The average molecular weight is 475 g/mol. The molecular formula is C24H31BrN2O3. The zero-order valence-electron chi connectivity index (χ0n) is 18.2. The van der Waals surface area contributed by atoms with E-state index in [-0.39, 0.29) is 17.4 Å². The third-order valence-electron chi connectivity index (χ3n) is 4.45. The molecule has 0 heterocycles. The van der Waals surface area contributed by atoms with Gasteiger partial charge in [-0.25, -0.2) is 0 Å². The van der Waals surface area contributed by atoms with Crippen LogP contribution in [0.1, 0.15) is 46.1 Å². The quantitative estimate of drug-likeness (QED) is 0.523. The maximum Gasteiger partial charge on any atom is 0.242 e. The topological polar surface area (TPSA) is 58.6 Å². The first-order valence-electron chi connectivity index (χ1n) is 10.2. The maximum atomic E-state index is 13.0. The van der Waals surface area contributed by atoms with E-state index in [0.29, 0.717) is 26.0 Å². The molecule has 0 saturated heterocycles. The van der Waals surface area contributed by atoms with Crippen molar-refractivity contribution in [3.05, 3.63) is 64.6 Å². The van der Waals surface area contributed by atoms with Crippen LogP contribution >= 0.6 is 15.9 Å². The summed E-state index contributed by atoms with van der Waals surface area (Å²) in [6.45, 7) is 8.38. The van der Waals surface area contributed by atoms with E-state index >= 15 is 0 Å². The molecule has 0 spiro atoms. The smallest absolute Gasteiger partial charge is 0.242 e. The molecule has 6 heteroatoms. The predicted octanol–water partition coefficient (Wildman–Crippen LogP) is 4.94. The summed E-state index contributed by atoms with van der Waals surface area (Å²) in [6, 6.07) is 16.7. The van der Waals surface area contributed by atoms with Crippen molar-refractivity contribution in [2.24, 2.45) is 0 Å². The summed E-state index contributed by atoms with van der Waals surface area (Å²) in [5.74, 6) is 0.559. The second kappa shape index (κ2) is 11.2. The van der Waals surface area contributed by atoms with Crippen LogP contribution in [0.2, 0.25) is 0 Å². The van der Waals surface area contributed by atoms with Crippen LogP contribution < -0.4 is 10.1 Å². The van der Waals surface area contributed by atoms with Gasteiger partial charge in [-0.15, -0.1) is 0 Å². The molecule has 0 unspecified atom stereocenters. The first-order valence-corrected chi connectivity index (χ1v) is 11.0. The van der Waals surface area contributed by atoms with Crippen LogP contribution in [0.5, 0.6) is 5.75 Å². The minimum atomic E-state index is -0.578. The Hall–Kier alpha value is -2.34. The zero-order valence-corrected chi connectivity index (χ0v) is 19.7. The Labute approximate surface area is 187 Å². The Kier molecular flexibility index (Phi) is 8.90. The first-order chi connectivity index (χ1) is 14.2. The monoisotopic (exact) mass is 474 g/mol. The van der Waals surface area contributed by atoms with E-state index in [9.17, 15) is 9.59 Å². The number of hydrogen-bond acceptors (Lipinski definition) is 3. The van der Waals surface area contributed by atoms with Crippen molar-refractivity contribution in [3.8, 4) is 5.75 Å². The average Bonchev–Trinajstić information content (AvgIpc) is 2.68. The third kappa shape index (κ3) is 8.19. The number of carbonyl (C=O) groups excluding carboxylic acids is 2. The molecule has 30 heavy (non-hydrogen) atoms. The number of benzene rings is 2. The molecule has 0 aliphatic rings. The van der Waals surface area contributed by atoms with E-state index in [1.165, 1.54) is 0 Å². The van der Waals surface area contributed by atoms with Crippen LogP contribution in [0.3, 0.4) is 0 Å². The van der Waals surface area contributed by atoms with Crippen LogP contribution in [0.4, 0.5) is 0 Å². The van der Waals surface area contributed by atoms with Crippen LogP contribution in [0.15, 0.2) is 59.1 Å². The van der Waals surface area contributed by atoms with Crippen molar-refractivity contribution in [2.75, 3.05) is 6.61 Å². The summed E-state index contributed by atoms with van der Waals surface area (Å²) in [4.78, 5) is 27.4. The fourth-order valence-electron chi connectivity index (χ4n) is 2.96. The maximum absolute atomic E-state index is 13.0. The highest BCUT2D eigenvalue weighted by Crippen LogP contribution is 2.17. The number of para-hydroxylation sites is 1. The molecule has 0 aliphatic carbocycles. The molecule has 162 valence electrons. The van der Waals surface area contributed by atoms with Crippen LogP contribution in [0.25, 0.3) is 0 Å². The van der Waals surface area contributed by atoms with Crippen molar-refractivity contribution in [3.63, 3.8) is 0 Å².